The highest BCUT2D eigenvalue weighted by atomic mass is 16.7. The Kier molecular flexibility index (Phi) is 5.80. The van der Waals surface area contributed by atoms with Gasteiger partial charge in [-0.3, -0.25) is 0 Å². The number of nitriles is 1. The molecular weight excluding hydrogens is 182 g/mol. The maximum atomic E-state index is 8.24. The van der Waals surface area contributed by atoms with Gasteiger partial charge in [-0.25, -0.2) is 0 Å². The molecule has 1 aliphatic heterocycles. The van der Waals surface area contributed by atoms with Crippen molar-refractivity contribution in [3.05, 3.63) is 12.3 Å². The van der Waals surface area contributed by atoms with Gasteiger partial charge in [0, 0.05) is 6.42 Å². The van der Waals surface area contributed by atoms with E-state index in [4.69, 9.17) is 19.5 Å². The standard InChI is InChI=1S/C10H15NO3/c11-5-3-6-12-8-9-14-10-4-1-2-7-13-10/h2,7,10H,1,3-4,6,8-9H2. The van der Waals surface area contributed by atoms with Crippen LogP contribution in [0.3, 0.4) is 0 Å². The second kappa shape index (κ2) is 7.36. The summed E-state index contributed by atoms with van der Waals surface area (Å²) in [5, 5.41) is 8.24. The average Bonchev–Trinajstić information content (AvgIpc) is 2.25. The third kappa shape index (κ3) is 4.85. The number of allylic oxidation sites excluding steroid dienone is 1. The SMILES string of the molecule is N#CCCOCCOC1CCC=CO1. The summed E-state index contributed by atoms with van der Waals surface area (Å²) < 4.78 is 15.7. The van der Waals surface area contributed by atoms with Gasteiger partial charge >= 0.3 is 0 Å². The van der Waals surface area contributed by atoms with E-state index in [1.54, 1.807) is 6.26 Å². The molecule has 1 rings (SSSR count). The first-order valence-corrected chi connectivity index (χ1v) is 4.80. The Hall–Kier alpha value is -1.05. The van der Waals surface area contributed by atoms with Crippen LogP contribution in [0.2, 0.25) is 0 Å². The van der Waals surface area contributed by atoms with Gasteiger partial charge in [-0.1, -0.05) is 0 Å². The summed E-state index contributed by atoms with van der Waals surface area (Å²) in [7, 11) is 0. The molecule has 78 valence electrons. The van der Waals surface area contributed by atoms with Crippen molar-refractivity contribution in [1.29, 1.82) is 5.26 Å². The van der Waals surface area contributed by atoms with Crippen LogP contribution in [0.5, 0.6) is 0 Å². The lowest BCUT2D eigenvalue weighted by molar-refractivity contribution is -0.125. The molecule has 0 saturated heterocycles. The van der Waals surface area contributed by atoms with Gasteiger partial charge < -0.3 is 14.2 Å². The van der Waals surface area contributed by atoms with Gasteiger partial charge in [-0.2, -0.15) is 5.26 Å². The lowest BCUT2D eigenvalue weighted by Gasteiger charge is -2.19. The molecular formula is C10H15NO3. The van der Waals surface area contributed by atoms with E-state index >= 15 is 0 Å². The van der Waals surface area contributed by atoms with Crippen LogP contribution < -0.4 is 0 Å². The van der Waals surface area contributed by atoms with E-state index in [0.717, 1.165) is 12.8 Å². The highest BCUT2D eigenvalue weighted by molar-refractivity contribution is 4.79. The zero-order chi connectivity index (χ0) is 10.1. The van der Waals surface area contributed by atoms with Gasteiger partial charge in [0.1, 0.15) is 0 Å². The van der Waals surface area contributed by atoms with Crippen LogP contribution in [0.15, 0.2) is 12.3 Å². The minimum atomic E-state index is -0.125. The molecule has 0 radical (unpaired) electrons. The largest absolute Gasteiger partial charge is 0.473 e. The summed E-state index contributed by atoms with van der Waals surface area (Å²) in [6, 6.07) is 2.01. The second-order valence-corrected chi connectivity index (χ2v) is 2.91. The number of ether oxygens (including phenoxy) is 3. The van der Waals surface area contributed by atoms with E-state index in [9.17, 15) is 0 Å². The maximum Gasteiger partial charge on any atom is 0.199 e. The average molecular weight is 197 g/mol. The predicted molar refractivity (Wildman–Crippen MR) is 50.2 cm³/mol. The first-order valence-electron chi connectivity index (χ1n) is 4.80. The fraction of sp³-hybridized carbons (Fsp3) is 0.700. The Morgan fingerprint density at radius 3 is 3.07 bits per heavy atom. The lowest BCUT2D eigenvalue weighted by atomic mass is 10.3. The van der Waals surface area contributed by atoms with Crippen molar-refractivity contribution in [1.82, 2.24) is 0 Å². The maximum absolute atomic E-state index is 8.24. The molecule has 4 nitrogen and oxygen atoms in total. The van der Waals surface area contributed by atoms with Crippen molar-refractivity contribution < 1.29 is 14.2 Å². The fourth-order valence-electron chi connectivity index (χ4n) is 1.09. The molecule has 1 heterocycles. The van der Waals surface area contributed by atoms with Crippen molar-refractivity contribution in [2.45, 2.75) is 25.6 Å². The van der Waals surface area contributed by atoms with Crippen LogP contribution in [0.25, 0.3) is 0 Å². The first kappa shape index (κ1) is 11.0. The summed E-state index contributed by atoms with van der Waals surface area (Å²) >= 11 is 0. The van der Waals surface area contributed by atoms with Crippen LogP contribution in [0, 0.1) is 11.3 Å². The van der Waals surface area contributed by atoms with Crippen molar-refractivity contribution in [2.75, 3.05) is 19.8 Å². The Morgan fingerprint density at radius 2 is 2.36 bits per heavy atom. The zero-order valence-electron chi connectivity index (χ0n) is 8.15. The zero-order valence-corrected chi connectivity index (χ0v) is 8.15. The van der Waals surface area contributed by atoms with E-state index in [2.05, 4.69) is 0 Å². The molecule has 1 unspecified atom stereocenters. The van der Waals surface area contributed by atoms with E-state index in [0.29, 0.717) is 26.2 Å². The van der Waals surface area contributed by atoms with Crippen LogP contribution in [-0.4, -0.2) is 26.1 Å². The molecule has 0 aliphatic carbocycles. The van der Waals surface area contributed by atoms with Crippen LogP contribution in [0.1, 0.15) is 19.3 Å². The van der Waals surface area contributed by atoms with Crippen molar-refractivity contribution in [3.63, 3.8) is 0 Å². The third-order valence-electron chi connectivity index (χ3n) is 1.79. The van der Waals surface area contributed by atoms with Gasteiger partial charge in [0.2, 0.25) is 0 Å². The highest BCUT2D eigenvalue weighted by Gasteiger charge is 2.09. The molecule has 0 fully saturated rings. The summed E-state index contributed by atoms with van der Waals surface area (Å²) in [6.45, 7) is 1.51. The molecule has 1 aliphatic rings. The molecule has 0 bridgehead atoms. The molecule has 0 aromatic rings. The minimum Gasteiger partial charge on any atom is -0.473 e. The number of hydrogen-bond donors (Lipinski definition) is 0. The van der Waals surface area contributed by atoms with E-state index in [1.807, 2.05) is 12.1 Å². The monoisotopic (exact) mass is 197 g/mol. The van der Waals surface area contributed by atoms with Gasteiger partial charge in [0.15, 0.2) is 6.29 Å². The molecule has 0 aromatic heterocycles. The van der Waals surface area contributed by atoms with E-state index in [-0.39, 0.29) is 6.29 Å². The summed E-state index contributed by atoms with van der Waals surface area (Å²) in [5.41, 5.74) is 0. The molecule has 14 heavy (non-hydrogen) atoms. The highest BCUT2D eigenvalue weighted by Crippen LogP contribution is 2.10. The van der Waals surface area contributed by atoms with E-state index in [1.165, 1.54) is 0 Å². The topological polar surface area (TPSA) is 51.5 Å². The van der Waals surface area contributed by atoms with Gasteiger partial charge in [0.05, 0.1) is 38.6 Å². The summed E-state index contributed by atoms with van der Waals surface area (Å²) in [4.78, 5) is 0. The van der Waals surface area contributed by atoms with Crippen LogP contribution >= 0.6 is 0 Å². The Balaban J connectivity index is 1.88. The normalized spacial score (nSPS) is 20.1. The summed E-state index contributed by atoms with van der Waals surface area (Å²) in [5.74, 6) is 0. The lowest BCUT2D eigenvalue weighted by Crippen LogP contribution is -2.19. The molecule has 4 heteroatoms. The van der Waals surface area contributed by atoms with Gasteiger partial charge in [-0.15, -0.1) is 0 Å². The van der Waals surface area contributed by atoms with E-state index < -0.39 is 0 Å². The first-order chi connectivity index (χ1) is 6.93. The molecule has 0 saturated carbocycles. The molecule has 1 atom stereocenters. The minimum absolute atomic E-state index is 0.125. The predicted octanol–water partition coefficient (Wildman–Crippen LogP) is 1.58. The third-order valence-corrected chi connectivity index (χ3v) is 1.79. The Morgan fingerprint density at radius 1 is 1.43 bits per heavy atom. The van der Waals surface area contributed by atoms with Crippen molar-refractivity contribution >= 4 is 0 Å². The molecule has 0 amide bonds. The number of rotatable bonds is 6. The van der Waals surface area contributed by atoms with Crippen LogP contribution in [-0.2, 0) is 14.2 Å². The number of hydrogen-bond acceptors (Lipinski definition) is 4. The van der Waals surface area contributed by atoms with Crippen LogP contribution in [0.4, 0.5) is 0 Å². The van der Waals surface area contributed by atoms with Crippen molar-refractivity contribution in [2.24, 2.45) is 0 Å². The molecule has 0 spiro atoms. The Labute approximate surface area is 84.1 Å². The summed E-state index contributed by atoms with van der Waals surface area (Å²) in [6.07, 6.45) is 5.85. The van der Waals surface area contributed by atoms with Gasteiger partial charge in [-0.05, 0) is 12.5 Å². The number of nitrogens with zero attached hydrogens (tertiary/aromatic N) is 1. The molecule has 0 N–H and O–H groups in total. The quantitative estimate of drug-likeness (QED) is 0.607. The fourth-order valence-corrected chi connectivity index (χ4v) is 1.09. The van der Waals surface area contributed by atoms with Crippen molar-refractivity contribution in [3.8, 4) is 6.07 Å². The second-order valence-electron chi connectivity index (χ2n) is 2.91. The smallest absolute Gasteiger partial charge is 0.199 e. The molecule has 0 aromatic carbocycles. The van der Waals surface area contributed by atoms with Gasteiger partial charge in [0.25, 0.3) is 0 Å². The Bertz CT molecular complexity index is 210.